The molecule has 1 N–H and O–H groups in total. The van der Waals surface area contributed by atoms with E-state index in [0.717, 1.165) is 36.8 Å². The molecule has 6 heteroatoms. The smallest absolute Gasteiger partial charge is 0.410 e. The van der Waals surface area contributed by atoms with Gasteiger partial charge in [0.2, 0.25) is 0 Å². The maximum atomic E-state index is 11.9. The van der Waals surface area contributed by atoms with Gasteiger partial charge < -0.3 is 10.1 Å². The molecule has 1 aliphatic rings. The van der Waals surface area contributed by atoms with Gasteiger partial charge in [0, 0.05) is 18.2 Å². The lowest BCUT2D eigenvalue weighted by Crippen LogP contribution is -2.37. The monoisotopic (exact) mass is 340 g/mol. The third-order valence-electron chi connectivity index (χ3n) is 4.40. The molecule has 6 nitrogen and oxygen atoms in total. The molecule has 0 heterocycles. The van der Waals surface area contributed by atoms with Crippen molar-refractivity contribution in [3.8, 4) is 16.9 Å². The fraction of sp³-hybridized carbons (Fsp3) is 0.316. The van der Waals surface area contributed by atoms with E-state index in [0.29, 0.717) is 5.75 Å². The van der Waals surface area contributed by atoms with Gasteiger partial charge in [0.25, 0.3) is 5.69 Å². The van der Waals surface area contributed by atoms with Gasteiger partial charge in [-0.2, -0.15) is 0 Å². The van der Waals surface area contributed by atoms with Crippen LogP contribution in [0.5, 0.6) is 5.75 Å². The maximum Gasteiger partial charge on any atom is 0.412 e. The molecule has 0 radical (unpaired) electrons. The molecule has 25 heavy (non-hydrogen) atoms. The number of carbonyl (C=O) groups is 1. The summed E-state index contributed by atoms with van der Waals surface area (Å²) in [6.07, 6.45) is 5.12. The van der Waals surface area contributed by atoms with Crippen LogP contribution >= 0.6 is 0 Å². The Hall–Kier alpha value is -2.89. The predicted molar refractivity (Wildman–Crippen MR) is 94.6 cm³/mol. The second kappa shape index (κ2) is 7.79. The zero-order valence-corrected chi connectivity index (χ0v) is 13.8. The minimum Gasteiger partial charge on any atom is -0.410 e. The van der Waals surface area contributed by atoms with Crippen LogP contribution in [0.3, 0.4) is 0 Å². The van der Waals surface area contributed by atoms with Crippen LogP contribution in [0.25, 0.3) is 11.1 Å². The fourth-order valence-electron chi connectivity index (χ4n) is 3.04. The molecular formula is C19H20N2O4. The number of amides is 1. The highest BCUT2D eigenvalue weighted by Gasteiger charge is 2.16. The van der Waals surface area contributed by atoms with E-state index in [1.165, 1.54) is 18.6 Å². The van der Waals surface area contributed by atoms with Gasteiger partial charge in [-0.3, -0.25) is 10.1 Å². The minimum absolute atomic E-state index is 0.0584. The van der Waals surface area contributed by atoms with Gasteiger partial charge in [0.1, 0.15) is 5.75 Å². The molecule has 0 aromatic heterocycles. The molecule has 130 valence electrons. The number of nitrogens with zero attached hydrogens (tertiary/aromatic N) is 1. The van der Waals surface area contributed by atoms with Crippen LogP contribution in [0.15, 0.2) is 48.5 Å². The molecule has 1 saturated carbocycles. The van der Waals surface area contributed by atoms with Crippen molar-refractivity contribution in [2.24, 2.45) is 0 Å². The quantitative estimate of drug-likeness (QED) is 0.647. The summed E-state index contributed by atoms with van der Waals surface area (Å²) in [5, 5.41) is 13.6. The van der Waals surface area contributed by atoms with Crippen molar-refractivity contribution in [3.63, 3.8) is 0 Å². The Labute approximate surface area is 146 Å². The van der Waals surface area contributed by atoms with E-state index >= 15 is 0 Å². The molecule has 2 aromatic rings. The fourth-order valence-corrected chi connectivity index (χ4v) is 3.04. The molecule has 1 aliphatic carbocycles. The van der Waals surface area contributed by atoms with Gasteiger partial charge in [-0.05, 0) is 48.2 Å². The van der Waals surface area contributed by atoms with Crippen molar-refractivity contribution in [2.75, 3.05) is 0 Å². The average molecular weight is 340 g/mol. The van der Waals surface area contributed by atoms with Gasteiger partial charge >= 0.3 is 6.09 Å². The van der Waals surface area contributed by atoms with E-state index in [4.69, 9.17) is 4.74 Å². The lowest BCUT2D eigenvalue weighted by Gasteiger charge is -2.22. The van der Waals surface area contributed by atoms with Crippen LogP contribution in [0.2, 0.25) is 0 Å². The first-order valence-corrected chi connectivity index (χ1v) is 8.45. The largest absolute Gasteiger partial charge is 0.412 e. The van der Waals surface area contributed by atoms with Gasteiger partial charge in [0.05, 0.1) is 4.92 Å². The van der Waals surface area contributed by atoms with Crippen LogP contribution in [-0.4, -0.2) is 17.1 Å². The number of nitro groups is 1. The summed E-state index contributed by atoms with van der Waals surface area (Å²) < 4.78 is 5.32. The molecule has 0 spiro atoms. The zero-order valence-electron chi connectivity index (χ0n) is 13.8. The van der Waals surface area contributed by atoms with Crippen LogP contribution < -0.4 is 10.1 Å². The standard InChI is InChI=1S/C19H20N2O4/c22-19(20-16-4-2-1-3-5-16)25-18-12-8-15(9-13-18)14-6-10-17(11-7-14)21(23)24/h6-13,16H,1-5H2,(H,20,22). The van der Waals surface area contributed by atoms with E-state index in [2.05, 4.69) is 5.32 Å². The van der Waals surface area contributed by atoms with Crippen molar-refractivity contribution in [1.82, 2.24) is 5.32 Å². The normalized spacial score (nSPS) is 14.7. The molecule has 0 saturated heterocycles. The Morgan fingerprint density at radius 1 is 0.960 bits per heavy atom. The second-order valence-corrected chi connectivity index (χ2v) is 6.20. The Kier molecular flexibility index (Phi) is 5.28. The number of ether oxygens (including phenoxy) is 1. The number of nitrogens with one attached hydrogen (secondary N) is 1. The number of nitro benzene ring substituents is 1. The third kappa shape index (κ3) is 4.56. The van der Waals surface area contributed by atoms with Crippen molar-refractivity contribution < 1.29 is 14.5 Å². The number of benzene rings is 2. The van der Waals surface area contributed by atoms with Crippen molar-refractivity contribution in [1.29, 1.82) is 0 Å². The molecule has 0 bridgehead atoms. The summed E-state index contributed by atoms with van der Waals surface area (Å²) in [5.41, 5.74) is 1.82. The van der Waals surface area contributed by atoms with E-state index in [1.807, 2.05) is 12.1 Å². The molecule has 0 aliphatic heterocycles. The van der Waals surface area contributed by atoms with Crippen molar-refractivity contribution in [2.45, 2.75) is 38.1 Å². The topological polar surface area (TPSA) is 81.5 Å². The zero-order chi connectivity index (χ0) is 17.6. The Morgan fingerprint density at radius 3 is 2.08 bits per heavy atom. The highest BCUT2D eigenvalue weighted by atomic mass is 16.6. The SMILES string of the molecule is O=C(NC1CCCCC1)Oc1ccc(-c2ccc([N+](=O)[O-])cc2)cc1. The van der Waals surface area contributed by atoms with E-state index < -0.39 is 11.0 Å². The molecule has 2 aromatic carbocycles. The van der Waals surface area contributed by atoms with Crippen molar-refractivity contribution in [3.05, 3.63) is 58.6 Å². The first kappa shape index (κ1) is 17.0. The maximum absolute atomic E-state index is 11.9. The third-order valence-corrected chi connectivity index (χ3v) is 4.40. The predicted octanol–water partition coefficient (Wildman–Crippen LogP) is 4.68. The molecule has 1 amide bonds. The van der Waals surface area contributed by atoms with Crippen LogP contribution in [0.4, 0.5) is 10.5 Å². The number of hydrogen-bond acceptors (Lipinski definition) is 4. The minimum atomic E-state index is -0.425. The first-order chi connectivity index (χ1) is 12.1. The van der Waals surface area contributed by atoms with Crippen LogP contribution in [0, 0.1) is 10.1 Å². The number of hydrogen-bond donors (Lipinski definition) is 1. The summed E-state index contributed by atoms with van der Waals surface area (Å²) in [5.74, 6) is 0.471. The summed E-state index contributed by atoms with van der Waals surface area (Å²) in [6, 6.07) is 13.6. The van der Waals surface area contributed by atoms with Gasteiger partial charge in [-0.15, -0.1) is 0 Å². The highest BCUT2D eigenvalue weighted by molar-refractivity contribution is 5.71. The van der Waals surface area contributed by atoms with Gasteiger partial charge in [0.15, 0.2) is 0 Å². The second-order valence-electron chi connectivity index (χ2n) is 6.20. The Balaban J connectivity index is 1.59. The summed E-state index contributed by atoms with van der Waals surface area (Å²) >= 11 is 0. The number of rotatable bonds is 4. The molecule has 1 fully saturated rings. The number of carbonyl (C=O) groups excluding carboxylic acids is 1. The van der Waals surface area contributed by atoms with Crippen molar-refractivity contribution >= 4 is 11.8 Å². The van der Waals surface area contributed by atoms with E-state index in [1.54, 1.807) is 24.3 Å². The summed E-state index contributed by atoms with van der Waals surface area (Å²) in [4.78, 5) is 22.2. The molecule has 0 unspecified atom stereocenters. The lowest BCUT2D eigenvalue weighted by atomic mass is 9.96. The molecular weight excluding hydrogens is 320 g/mol. The number of non-ortho nitro benzene ring substituents is 1. The van der Waals surface area contributed by atoms with E-state index in [9.17, 15) is 14.9 Å². The lowest BCUT2D eigenvalue weighted by molar-refractivity contribution is -0.384. The molecule has 0 atom stereocenters. The summed E-state index contributed by atoms with van der Waals surface area (Å²) in [7, 11) is 0. The average Bonchev–Trinajstić information content (AvgIpc) is 2.63. The van der Waals surface area contributed by atoms with Crippen LogP contribution in [-0.2, 0) is 0 Å². The van der Waals surface area contributed by atoms with E-state index in [-0.39, 0.29) is 11.7 Å². The molecule has 3 rings (SSSR count). The van der Waals surface area contributed by atoms with Crippen LogP contribution in [0.1, 0.15) is 32.1 Å². The van der Waals surface area contributed by atoms with Gasteiger partial charge in [-0.25, -0.2) is 4.79 Å². The highest BCUT2D eigenvalue weighted by Crippen LogP contribution is 2.25. The Morgan fingerprint density at radius 2 is 1.52 bits per heavy atom. The Bertz CT molecular complexity index is 735. The van der Waals surface area contributed by atoms with Gasteiger partial charge in [-0.1, -0.05) is 31.4 Å². The first-order valence-electron chi connectivity index (χ1n) is 8.45. The summed E-state index contributed by atoms with van der Waals surface area (Å²) in [6.45, 7) is 0.